The summed E-state index contributed by atoms with van der Waals surface area (Å²) < 4.78 is 39.1. The van der Waals surface area contributed by atoms with Gasteiger partial charge in [0.2, 0.25) is 18.1 Å². The van der Waals surface area contributed by atoms with Crippen LogP contribution in [0.15, 0.2) is 24.3 Å². The number of ether oxygens (including phenoxy) is 7. The van der Waals surface area contributed by atoms with E-state index in [9.17, 15) is 9.59 Å². The van der Waals surface area contributed by atoms with Crippen molar-refractivity contribution in [2.45, 2.75) is 24.9 Å². The Morgan fingerprint density at radius 1 is 0.970 bits per heavy atom. The SMILES string of the molecule is COc1cc([C@@H]2c3cc4c(cc3C[C@H]3COC(=O)[C@@]32OC(C)=O)OCO4)cc(OC)c1OC. The molecule has 0 aromatic heterocycles. The standard InChI is InChI=1S/C24H24O9/c1-12(25)33-24-15(10-30-23(24)26)5-13-6-17-18(32-11-31-17)9-16(13)21(24)14-7-19(27-2)22(29-4)20(8-14)28-3/h6-9,15,21H,5,10-11H2,1-4H3/t15-,21+,24+/m0/s1. The molecule has 0 amide bonds. The minimum Gasteiger partial charge on any atom is -0.493 e. The molecule has 9 heteroatoms. The van der Waals surface area contributed by atoms with Crippen molar-refractivity contribution in [1.29, 1.82) is 0 Å². The molecule has 2 aromatic rings. The molecule has 1 fully saturated rings. The van der Waals surface area contributed by atoms with Gasteiger partial charge in [0.25, 0.3) is 0 Å². The number of hydrogen-bond acceptors (Lipinski definition) is 9. The van der Waals surface area contributed by atoms with Crippen LogP contribution in [0.5, 0.6) is 28.7 Å². The smallest absolute Gasteiger partial charge is 0.352 e. The van der Waals surface area contributed by atoms with Crippen molar-refractivity contribution in [2.75, 3.05) is 34.7 Å². The van der Waals surface area contributed by atoms with Crippen LogP contribution in [-0.2, 0) is 25.5 Å². The Morgan fingerprint density at radius 2 is 1.64 bits per heavy atom. The number of rotatable bonds is 5. The van der Waals surface area contributed by atoms with Crippen LogP contribution >= 0.6 is 0 Å². The maximum Gasteiger partial charge on any atom is 0.352 e. The van der Waals surface area contributed by atoms with Gasteiger partial charge in [-0.15, -0.1) is 0 Å². The molecule has 1 saturated heterocycles. The highest BCUT2D eigenvalue weighted by atomic mass is 16.7. The Balaban J connectivity index is 1.80. The molecule has 2 heterocycles. The van der Waals surface area contributed by atoms with Gasteiger partial charge in [-0.1, -0.05) is 0 Å². The van der Waals surface area contributed by atoms with Crippen LogP contribution in [0.3, 0.4) is 0 Å². The molecular weight excluding hydrogens is 432 g/mol. The fourth-order valence-electron chi connectivity index (χ4n) is 5.20. The lowest BCUT2D eigenvalue weighted by Gasteiger charge is -2.42. The van der Waals surface area contributed by atoms with Crippen molar-refractivity contribution in [3.05, 3.63) is 41.0 Å². The second-order valence-corrected chi connectivity index (χ2v) is 8.18. The summed E-state index contributed by atoms with van der Waals surface area (Å²) in [5.41, 5.74) is 0.848. The first-order valence-electron chi connectivity index (χ1n) is 10.5. The van der Waals surface area contributed by atoms with Crippen molar-refractivity contribution in [1.82, 2.24) is 0 Å². The molecule has 33 heavy (non-hydrogen) atoms. The second kappa shape index (κ2) is 7.75. The normalized spacial score (nSPS) is 24.4. The van der Waals surface area contributed by atoms with Gasteiger partial charge in [-0.3, -0.25) is 4.79 Å². The van der Waals surface area contributed by atoms with Gasteiger partial charge >= 0.3 is 11.9 Å². The largest absolute Gasteiger partial charge is 0.493 e. The van der Waals surface area contributed by atoms with Gasteiger partial charge in [-0.2, -0.15) is 0 Å². The molecule has 9 nitrogen and oxygen atoms in total. The maximum atomic E-state index is 13.3. The molecular formula is C24H24O9. The summed E-state index contributed by atoms with van der Waals surface area (Å²) in [4.78, 5) is 25.6. The Hall–Kier alpha value is -3.62. The number of carbonyl (C=O) groups excluding carboxylic acids is 2. The third-order valence-electron chi connectivity index (χ3n) is 6.51. The number of hydrogen-bond donors (Lipinski definition) is 0. The van der Waals surface area contributed by atoms with E-state index >= 15 is 0 Å². The van der Waals surface area contributed by atoms with Crippen LogP contribution in [-0.4, -0.2) is 52.3 Å². The van der Waals surface area contributed by atoms with E-state index in [-0.39, 0.29) is 19.3 Å². The van der Waals surface area contributed by atoms with Gasteiger partial charge in [-0.05, 0) is 47.4 Å². The first-order chi connectivity index (χ1) is 15.9. The minimum atomic E-state index is -1.54. The lowest BCUT2D eigenvalue weighted by molar-refractivity contribution is -0.176. The molecule has 0 bridgehead atoms. The molecule has 2 aromatic carbocycles. The third kappa shape index (κ3) is 3.06. The van der Waals surface area contributed by atoms with Crippen molar-refractivity contribution in [3.8, 4) is 28.7 Å². The average molecular weight is 456 g/mol. The molecule has 5 rings (SSSR count). The van der Waals surface area contributed by atoms with Crippen LogP contribution in [0, 0.1) is 5.92 Å². The molecule has 0 spiro atoms. The van der Waals surface area contributed by atoms with Crippen LogP contribution in [0.2, 0.25) is 0 Å². The maximum absolute atomic E-state index is 13.3. The van der Waals surface area contributed by atoms with Crippen LogP contribution in [0.25, 0.3) is 0 Å². The van der Waals surface area contributed by atoms with Crippen molar-refractivity contribution < 1.29 is 42.7 Å². The first-order valence-corrected chi connectivity index (χ1v) is 10.5. The predicted molar refractivity (Wildman–Crippen MR) is 113 cm³/mol. The number of fused-ring (bicyclic) bond motifs is 3. The second-order valence-electron chi connectivity index (χ2n) is 8.18. The van der Waals surface area contributed by atoms with E-state index in [4.69, 9.17) is 33.2 Å². The van der Waals surface area contributed by atoms with Gasteiger partial charge in [0, 0.05) is 12.8 Å². The van der Waals surface area contributed by atoms with Gasteiger partial charge < -0.3 is 33.2 Å². The molecule has 174 valence electrons. The molecule has 1 aliphatic carbocycles. The fraction of sp³-hybridized carbons (Fsp3) is 0.417. The van der Waals surface area contributed by atoms with Gasteiger partial charge in [0.15, 0.2) is 23.0 Å². The summed E-state index contributed by atoms with van der Waals surface area (Å²) in [5, 5.41) is 0. The highest BCUT2D eigenvalue weighted by Gasteiger charge is 2.64. The van der Waals surface area contributed by atoms with Gasteiger partial charge in [0.05, 0.1) is 33.9 Å². The van der Waals surface area contributed by atoms with E-state index < -0.39 is 23.5 Å². The molecule has 3 aliphatic rings. The average Bonchev–Trinajstić information content (AvgIpc) is 3.38. The van der Waals surface area contributed by atoms with Gasteiger partial charge in [-0.25, -0.2) is 4.79 Å². The monoisotopic (exact) mass is 456 g/mol. The van der Waals surface area contributed by atoms with Crippen LogP contribution in [0.1, 0.15) is 29.5 Å². The zero-order chi connectivity index (χ0) is 23.3. The van der Waals surface area contributed by atoms with Crippen LogP contribution in [0.4, 0.5) is 0 Å². The minimum absolute atomic E-state index is 0.119. The number of cyclic esters (lactones) is 1. The summed E-state index contributed by atoms with van der Waals surface area (Å²) in [6, 6.07) is 7.29. The third-order valence-corrected chi connectivity index (χ3v) is 6.51. The van der Waals surface area contributed by atoms with Gasteiger partial charge in [0.1, 0.15) is 0 Å². The van der Waals surface area contributed by atoms with E-state index in [1.165, 1.54) is 28.3 Å². The van der Waals surface area contributed by atoms with E-state index in [2.05, 4.69) is 0 Å². The molecule has 2 aliphatic heterocycles. The molecule has 0 radical (unpaired) electrons. The highest BCUT2D eigenvalue weighted by molar-refractivity contribution is 5.88. The summed E-state index contributed by atoms with van der Waals surface area (Å²) >= 11 is 0. The van der Waals surface area contributed by atoms with Crippen LogP contribution < -0.4 is 23.7 Å². The van der Waals surface area contributed by atoms with Crippen molar-refractivity contribution in [2.24, 2.45) is 5.92 Å². The molecule has 3 atom stereocenters. The summed E-state index contributed by atoms with van der Waals surface area (Å²) in [6.45, 7) is 1.55. The Morgan fingerprint density at radius 3 is 2.24 bits per heavy atom. The topological polar surface area (TPSA) is 98.8 Å². The lowest BCUT2D eigenvalue weighted by atomic mass is 9.64. The Bertz CT molecular complexity index is 1120. The van der Waals surface area contributed by atoms with Crippen molar-refractivity contribution in [3.63, 3.8) is 0 Å². The van der Waals surface area contributed by atoms with E-state index in [0.717, 1.165) is 11.1 Å². The first kappa shape index (κ1) is 21.2. The summed E-state index contributed by atoms with van der Waals surface area (Å²) in [7, 11) is 4.55. The zero-order valence-corrected chi connectivity index (χ0v) is 18.8. The van der Waals surface area contributed by atoms with E-state index in [1.54, 1.807) is 12.1 Å². The molecule has 0 unspecified atom stereocenters. The zero-order valence-electron chi connectivity index (χ0n) is 18.8. The van der Waals surface area contributed by atoms with Crippen molar-refractivity contribution >= 4 is 11.9 Å². The highest BCUT2D eigenvalue weighted by Crippen LogP contribution is 2.55. The number of methoxy groups -OCH3 is 3. The van der Waals surface area contributed by atoms with E-state index in [0.29, 0.717) is 40.7 Å². The quantitative estimate of drug-likeness (QED) is 0.629. The Labute approximate surface area is 190 Å². The number of benzene rings is 2. The molecule has 0 saturated carbocycles. The number of carbonyl (C=O) groups is 2. The summed E-state index contributed by atoms with van der Waals surface area (Å²) in [5.74, 6) is 0.222. The number of esters is 2. The molecule has 0 N–H and O–H groups in total. The predicted octanol–water partition coefficient (Wildman–Crippen LogP) is 2.60. The van der Waals surface area contributed by atoms with E-state index in [1.807, 2.05) is 12.1 Å². The Kier molecular flexibility index (Phi) is 4.99. The summed E-state index contributed by atoms with van der Waals surface area (Å²) in [6.07, 6.45) is 0.478. The lowest BCUT2D eigenvalue weighted by Crippen LogP contribution is -2.53. The fourth-order valence-corrected chi connectivity index (χ4v) is 5.20.